The van der Waals surface area contributed by atoms with Crippen LogP contribution in [0.15, 0.2) is 24.3 Å². The van der Waals surface area contributed by atoms with Crippen LogP contribution in [0.3, 0.4) is 0 Å². The van der Waals surface area contributed by atoms with E-state index in [1.807, 2.05) is 20.0 Å². The number of fused-ring (bicyclic) bond motifs is 1. The lowest BCUT2D eigenvalue weighted by Crippen LogP contribution is -2.43. The zero-order chi connectivity index (χ0) is 13.7. The Morgan fingerprint density at radius 1 is 1.42 bits per heavy atom. The van der Waals surface area contributed by atoms with Crippen molar-refractivity contribution >= 4 is 6.03 Å². The molecule has 1 unspecified atom stereocenters. The molecule has 1 atom stereocenters. The molecule has 0 aromatic heterocycles. The molecule has 2 amide bonds. The Morgan fingerprint density at radius 2 is 2.16 bits per heavy atom. The fourth-order valence-corrected chi connectivity index (χ4v) is 2.28. The molecule has 4 nitrogen and oxygen atoms in total. The second kappa shape index (κ2) is 6.57. The summed E-state index contributed by atoms with van der Waals surface area (Å²) in [4.78, 5) is 13.5. The molecular weight excluding hydrogens is 240 g/mol. The number of nitrogens with zero attached hydrogens (tertiary/aromatic N) is 1. The molecule has 19 heavy (non-hydrogen) atoms. The maximum absolute atomic E-state index is 11.8. The van der Waals surface area contributed by atoms with Crippen LogP contribution >= 0.6 is 0 Å². The minimum Gasteiger partial charge on any atom is -0.371 e. The highest BCUT2D eigenvalue weighted by atomic mass is 16.5. The summed E-state index contributed by atoms with van der Waals surface area (Å²) < 4.78 is 5.81. The van der Waals surface area contributed by atoms with E-state index in [0.29, 0.717) is 13.2 Å². The van der Waals surface area contributed by atoms with E-state index in [1.54, 1.807) is 4.90 Å². The highest BCUT2D eigenvalue weighted by Crippen LogP contribution is 2.20. The summed E-state index contributed by atoms with van der Waals surface area (Å²) in [6.45, 7) is 4.04. The van der Waals surface area contributed by atoms with Crippen LogP contribution in [0.1, 0.15) is 24.5 Å². The third-order valence-electron chi connectivity index (χ3n) is 3.39. The molecule has 1 aliphatic heterocycles. The van der Waals surface area contributed by atoms with Gasteiger partial charge in [0, 0.05) is 26.6 Å². The summed E-state index contributed by atoms with van der Waals surface area (Å²) in [5, 5.41) is 2.87. The third kappa shape index (κ3) is 3.70. The topological polar surface area (TPSA) is 41.6 Å². The number of rotatable bonds is 4. The highest BCUT2D eigenvalue weighted by Gasteiger charge is 2.21. The van der Waals surface area contributed by atoms with Gasteiger partial charge in [0.2, 0.25) is 0 Å². The summed E-state index contributed by atoms with van der Waals surface area (Å²) in [6, 6.07) is 8.31. The van der Waals surface area contributed by atoms with Crippen LogP contribution in [0.2, 0.25) is 0 Å². The largest absolute Gasteiger partial charge is 0.371 e. The average molecular weight is 262 g/mol. The van der Waals surface area contributed by atoms with E-state index in [4.69, 9.17) is 4.74 Å². The maximum atomic E-state index is 11.8. The van der Waals surface area contributed by atoms with Gasteiger partial charge in [0.15, 0.2) is 0 Å². The molecule has 4 heteroatoms. The zero-order valence-electron chi connectivity index (χ0n) is 11.7. The maximum Gasteiger partial charge on any atom is 0.317 e. The number of hydrogen-bond acceptors (Lipinski definition) is 2. The van der Waals surface area contributed by atoms with Gasteiger partial charge in [-0.05, 0) is 17.5 Å². The number of amides is 2. The number of ether oxygens (including phenoxy) is 1. The molecule has 0 bridgehead atoms. The molecule has 1 aromatic rings. The monoisotopic (exact) mass is 262 g/mol. The van der Waals surface area contributed by atoms with E-state index >= 15 is 0 Å². The number of benzene rings is 1. The number of likely N-dealkylation sites (N-methyl/N-ethyl adjacent to an activating group) is 1. The van der Waals surface area contributed by atoms with Crippen molar-refractivity contribution in [3.63, 3.8) is 0 Å². The lowest BCUT2D eigenvalue weighted by molar-refractivity contribution is 0.0150. The summed E-state index contributed by atoms with van der Waals surface area (Å²) >= 11 is 0. The van der Waals surface area contributed by atoms with Gasteiger partial charge in [0.05, 0.1) is 12.7 Å². The lowest BCUT2D eigenvalue weighted by atomic mass is 9.99. The Kier molecular flexibility index (Phi) is 4.80. The first-order valence-electron chi connectivity index (χ1n) is 6.88. The van der Waals surface area contributed by atoms with E-state index in [0.717, 1.165) is 19.4 Å². The van der Waals surface area contributed by atoms with Crippen molar-refractivity contribution in [2.45, 2.75) is 32.5 Å². The van der Waals surface area contributed by atoms with Gasteiger partial charge < -0.3 is 15.0 Å². The molecule has 2 rings (SSSR count). The van der Waals surface area contributed by atoms with Gasteiger partial charge in [-0.25, -0.2) is 4.79 Å². The van der Waals surface area contributed by atoms with E-state index in [1.165, 1.54) is 11.1 Å². The van der Waals surface area contributed by atoms with Gasteiger partial charge in [0.25, 0.3) is 0 Å². The minimum atomic E-state index is -0.0238. The van der Waals surface area contributed by atoms with E-state index in [9.17, 15) is 4.79 Å². The molecule has 104 valence electrons. The molecule has 0 saturated heterocycles. The quantitative estimate of drug-likeness (QED) is 0.903. The molecular formula is C15H22N2O2. The Balaban J connectivity index is 1.86. The molecule has 1 aromatic carbocycles. The second-order valence-corrected chi connectivity index (χ2v) is 5.02. The van der Waals surface area contributed by atoms with Crippen LogP contribution in [0.4, 0.5) is 4.79 Å². The molecule has 1 N–H and O–H groups in total. The van der Waals surface area contributed by atoms with Crippen molar-refractivity contribution in [1.82, 2.24) is 10.2 Å². The Hall–Kier alpha value is -1.55. The number of urea groups is 1. The van der Waals surface area contributed by atoms with Gasteiger partial charge in [-0.2, -0.15) is 0 Å². The first-order valence-corrected chi connectivity index (χ1v) is 6.88. The van der Waals surface area contributed by atoms with Gasteiger partial charge in [-0.15, -0.1) is 0 Å². The number of carbonyl (C=O) groups excluding carboxylic acids is 1. The Bertz CT molecular complexity index is 434. The van der Waals surface area contributed by atoms with E-state index in [2.05, 4.69) is 23.5 Å². The summed E-state index contributed by atoms with van der Waals surface area (Å²) in [5.41, 5.74) is 2.60. The van der Waals surface area contributed by atoms with E-state index in [-0.39, 0.29) is 12.1 Å². The second-order valence-electron chi connectivity index (χ2n) is 5.02. The predicted molar refractivity (Wildman–Crippen MR) is 75.0 cm³/mol. The van der Waals surface area contributed by atoms with Crippen molar-refractivity contribution in [3.05, 3.63) is 35.4 Å². The van der Waals surface area contributed by atoms with Crippen molar-refractivity contribution < 1.29 is 9.53 Å². The smallest absolute Gasteiger partial charge is 0.317 e. The first-order chi connectivity index (χ1) is 9.20. The van der Waals surface area contributed by atoms with Gasteiger partial charge >= 0.3 is 6.03 Å². The normalized spacial score (nSPS) is 17.7. The van der Waals surface area contributed by atoms with Crippen molar-refractivity contribution in [2.75, 3.05) is 20.1 Å². The molecule has 0 saturated carbocycles. The standard InChI is InChI=1S/C15H22N2O2/c1-3-8-16-15(18)17(2)10-14-9-12-6-4-5-7-13(12)11-19-14/h4-7,14H,3,8-11H2,1-2H3,(H,16,18). The fraction of sp³-hybridized carbons (Fsp3) is 0.533. The molecule has 1 aliphatic rings. The van der Waals surface area contributed by atoms with Gasteiger partial charge in [0.1, 0.15) is 0 Å². The number of hydrogen-bond donors (Lipinski definition) is 1. The average Bonchev–Trinajstić information content (AvgIpc) is 2.44. The summed E-state index contributed by atoms with van der Waals surface area (Å²) in [5.74, 6) is 0. The zero-order valence-corrected chi connectivity index (χ0v) is 11.7. The number of nitrogens with one attached hydrogen (secondary N) is 1. The highest BCUT2D eigenvalue weighted by molar-refractivity contribution is 5.73. The SMILES string of the molecule is CCCNC(=O)N(C)CC1Cc2ccccc2CO1. The number of carbonyl (C=O) groups is 1. The molecule has 0 aliphatic carbocycles. The van der Waals surface area contributed by atoms with Gasteiger partial charge in [-0.3, -0.25) is 0 Å². The van der Waals surface area contributed by atoms with Crippen LogP contribution < -0.4 is 5.32 Å². The molecule has 0 fully saturated rings. The van der Waals surface area contributed by atoms with Crippen LogP contribution in [0.5, 0.6) is 0 Å². The van der Waals surface area contributed by atoms with Crippen LogP contribution in [0, 0.1) is 0 Å². The Labute approximate surface area is 114 Å². The summed E-state index contributed by atoms with van der Waals surface area (Å²) in [6.07, 6.45) is 1.92. The lowest BCUT2D eigenvalue weighted by Gasteiger charge is -2.29. The van der Waals surface area contributed by atoms with Crippen LogP contribution in [-0.4, -0.2) is 37.2 Å². The van der Waals surface area contributed by atoms with Crippen molar-refractivity contribution in [2.24, 2.45) is 0 Å². The summed E-state index contributed by atoms with van der Waals surface area (Å²) in [7, 11) is 1.81. The van der Waals surface area contributed by atoms with Crippen LogP contribution in [0.25, 0.3) is 0 Å². The van der Waals surface area contributed by atoms with Crippen molar-refractivity contribution in [3.8, 4) is 0 Å². The molecule has 0 spiro atoms. The van der Waals surface area contributed by atoms with Gasteiger partial charge in [-0.1, -0.05) is 31.2 Å². The Morgan fingerprint density at radius 3 is 2.89 bits per heavy atom. The first kappa shape index (κ1) is 13.9. The van der Waals surface area contributed by atoms with Crippen LogP contribution in [-0.2, 0) is 17.8 Å². The minimum absolute atomic E-state index is 0.0238. The van der Waals surface area contributed by atoms with Crippen molar-refractivity contribution in [1.29, 1.82) is 0 Å². The third-order valence-corrected chi connectivity index (χ3v) is 3.39. The predicted octanol–water partition coefficient (Wildman–Crippen LogP) is 2.18. The molecule has 0 radical (unpaired) electrons. The fourth-order valence-electron chi connectivity index (χ4n) is 2.28. The molecule has 1 heterocycles. The van der Waals surface area contributed by atoms with E-state index < -0.39 is 0 Å².